The Hall–Kier alpha value is -1.66. The average molecular weight is 757 g/mol. The first-order valence-corrected chi connectivity index (χ1v) is 10.9. The summed E-state index contributed by atoms with van der Waals surface area (Å²) in [4.78, 5) is 19.3. The van der Waals surface area contributed by atoms with Gasteiger partial charge in [-0.1, -0.05) is 29.9 Å². The van der Waals surface area contributed by atoms with Crippen LogP contribution in [0, 0.1) is 49.3 Å². The molecule has 36 heavy (non-hydrogen) atoms. The third-order valence-corrected chi connectivity index (χ3v) is 6.25. The van der Waals surface area contributed by atoms with E-state index in [1.54, 1.807) is 6.92 Å². The van der Waals surface area contributed by atoms with E-state index in [0.717, 1.165) is 24.3 Å². The van der Waals surface area contributed by atoms with Crippen molar-refractivity contribution in [1.82, 2.24) is 10.2 Å². The van der Waals surface area contributed by atoms with Crippen LogP contribution in [0.3, 0.4) is 0 Å². The first kappa shape index (κ1) is 28.9. The van der Waals surface area contributed by atoms with Crippen molar-refractivity contribution in [3.8, 4) is 0 Å². The molecule has 2 atom stereocenters. The molecule has 2 heterocycles. The second kappa shape index (κ2) is 10.2. The van der Waals surface area contributed by atoms with Crippen LogP contribution < -0.4 is 5.32 Å². The zero-order valence-electron chi connectivity index (χ0n) is 19.0. The Morgan fingerprint density at radius 1 is 1.28 bits per heavy atom. The smallest absolute Gasteiger partial charge is 0.417 e. The standard InChI is InChI=1S/C23H19ClF6N3O2.U/c1-12-10-33(11-31-12)20(34)17-4-3-13(5-18(17)23(28,29)30)19-9-21(2,35-32-19)14-6-15(22(25,26)27)8-16(24)7-14;/h5-6,8,16,31H,7,9-11H2,1-2H3;/q-1;. The van der Waals surface area contributed by atoms with Crippen molar-refractivity contribution in [3.63, 3.8) is 0 Å². The molecule has 192 valence electrons. The van der Waals surface area contributed by atoms with Crippen LogP contribution in [0.15, 0.2) is 34.5 Å². The zero-order valence-corrected chi connectivity index (χ0v) is 23.9. The molecule has 1 aromatic rings. The maximum atomic E-state index is 13.8. The minimum atomic E-state index is -4.87. The molecule has 1 saturated heterocycles. The topological polar surface area (TPSA) is 53.9 Å². The van der Waals surface area contributed by atoms with Gasteiger partial charge in [0.15, 0.2) is 5.60 Å². The SMILES string of the molecule is C[C-]1CN(C(=O)c2c#cc(C3=NOC(C)(C4=CC(C(F)(F)F)=CC(Cl)C4)C3)cc2C(F)(F)F)CN1.[U]. The Morgan fingerprint density at radius 2 is 1.97 bits per heavy atom. The molecule has 0 saturated carbocycles. The Bertz CT molecular complexity index is 1130. The van der Waals surface area contributed by atoms with Gasteiger partial charge in [0.25, 0.3) is 5.91 Å². The zero-order chi connectivity index (χ0) is 25.8. The molecule has 0 spiro atoms. The molecule has 1 N–H and O–H groups in total. The largest absolute Gasteiger partial charge is 0.449 e. The number of oxime groups is 1. The van der Waals surface area contributed by atoms with Crippen molar-refractivity contribution < 1.29 is 67.1 Å². The van der Waals surface area contributed by atoms with Gasteiger partial charge in [0, 0.05) is 44.2 Å². The van der Waals surface area contributed by atoms with Gasteiger partial charge >= 0.3 is 12.4 Å². The van der Waals surface area contributed by atoms with Crippen molar-refractivity contribution in [1.29, 1.82) is 0 Å². The maximum Gasteiger partial charge on any atom is 0.417 e. The number of carbonyl (C=O) groups is 1. The molecular formula is C23H19ClF6N3O2U-. The molecule has 5 nitrogen and oxygen atoms in total. The number of carbonyl (C=O) groups excluding carboxylic acids is 1. The molecule has 0 aromatic heterocycles. The van der Waals surface area contributed by atoms with Gasteiger partial charge in [-0.2, -0.15) is 33.3 Å². The quantitative estimate of drug-likeness (QED) is 0.264. The van der Waals surface area contributed by atoms with Crippen LogP contribution >= 0.6 is 11.6 Å². The molecule has 2 unspecified atom stereocenters. The van der Waals surface area contributed by atoms with Gasteiger partial charge in [0.2, 0.25) is 0 Å². The summed E-state index contributed by atoms with van der Waals surface area (Å²) >= 11 is 6.00. The van der Waals surface area contributed by atoms with Crippen LogP contribution in [-0.2, 0) is 11.0 Å². The minimum Gasteiger partial charge on any atom is -0.449 e. The summed E-state index contributed by atoms with van der Waals surface area (Å²) in [6.45, 7) is 3.44. The third-order valence-electron chi connectivity index (χ3n) is 5.97. The summed E-state index contributed by atoms with van der Waals surface area (Å²) in [7, 11) is 0. The van der Waals surface area contributed by atoms with Crippen molar-refractivity contribution >= 4 is 23.2 Å². The average Bonchev–Trinajstić information content (AvgIpc) is 3.38. The van der Waals surface area contributed by atoms with Gasteiger partial charge in [0.1, 0.15) is 5.56 Å². The first-order valence-electron chi connectivity index (χ1n) is 10.5. The number of rotatable bonds is 3. The molecule has 1 amide bonds. The number of alkyl halides is 7. The molecular weight excluding hydrogens is 738 g/mol. The minimum absolute atomic E-state index is 0. The molecule has 1 aliphatic carbocycles. The second-order valence-corrected chi connectivity index (χ2v) is 9.32. The van der Waals surface area contributed by atoms with E-state index in [4.69, 9.17) is 16.4 Å². The maximum absolute atomic E-state index is 13.8. The number of nitrogens with zero attached hydrogens (tertiary/aromatic N) is 2. The molecule has 0 radical (unpaired) electrons. The van der Waals surface area contributed by atoms with Crippen LogP contribution in [0.2, 0.25) is 0 Å². The van der Waals surface area contributed by atoms with Crippen LogP contribution in [0.1, 0.15) is 48.2 Å². The van der Waals surface area contributed by atoms with Crippen molar-refractivity contribution in [2.24, 2.45) is 5.16 Å². The van der Waals surface area contributed by atoms with Gasteiger partial charge in [-0.25, -0.2) is 6.04 Å². The summed E-state index contributed by atoms with van der Waals surface area (Å²) < 4.78 is 81.3. The Morgan fingerprint density at radius 3 is 2.56 bits per heavy atom. The van der Waals surface area contributed by atoms with E-state index < -0.39 is 45.9 Å². The van der Waals surface area contributed by atoms with Crippen LogP contribution in [-0.4, -0.2) is 46.9 Å². The van der Waals surface area contributed by atoms with E-state index in [0.29, 0.717) is 0 Å². The summed E-state index contributed by atoms with van der Waals surface area (Å²) in [6.07, 6.45) is -7.73. The van der Waals surface area contributed by atoms with Crippen LogP contribution in [0.4, 0.5) is 26.3 Å². The fourth-order valence-electron chi connectivity index (χ4n) is 4.09. The van der Waals surface area contributed by atoms with E-state index in [-0.39, 0.29) is 74.0 Å². The predicted octanol–water partition coefficient (Wildman–Crippen LogP) is 5.17. The number of nitrogens with one attached hydrogen (secondary N) is 1. The molecule has 13 heteroatoms. The van der Waals surface area contributed by atoms with Gasteiger partial charge in [-0.3, -0.25) is 4.79 Å². The van der Waals surface area contributed by atoms with Crippen LogP contribution in [0.25, 0.3) is 0 Å². The van der Waals surface area contributed by atoms with Crippen molar-refractivity contribution in [2.45, 2.75) is 50.0 Å². The summed E-state index contributed by atoms with van der Waals surface area (Å²) in [6, 6.07) is 6.33. The van der Waals surface area contributed by atoms with Gasteiger partial charge < -0.3 is 15.1 Å². The van der Waals surface area contributed by atoms with E-state index in [2.05, 4.69) is 22.6 Å². The van der Waals surface area contributed by atoms with E-state index in [1.165, 1.54) is 11.8 Å². The molecule has 4 rings (SSSR count). The fraction of sp³-hybridized carbons (Fsp3) is 0.435. The summed E-state index contributed by atoms with van der Waals surface area (Å²) in [5.41, 5.74) is -4.03. The fourth-order valence-corrected chi connectivity index (χ4v) is 4.39. The Balaban J connectivity index is 0.00000361. The predicted molar refractivity (Wildman–Crippen MR) is 114 cm³/mol. The molecule has 2 aliphatic heterocycles. The monoisotopic (exact) mass is 756 g/mol. The molecule has 3 aliphatic rings. The number of amides is 1. The normalized spacial score (nSPS) is 24.9. The molecule has 1 aromatic carbocycles. The second-order valence-electron chi connectivity index (χ2n) is 8.76. The van der Waals surface area contributed by atoms with E-state index >= 15 is 0 Å². The van der Waals surface area contributed by atoms with Gasteiger partial charge in [0.05, 0.1) is 27.8 Å². The van der Waals surface area contributed by atoms with E-state index in [9.17, 15) is 31.1 Å². The number of allylic oxidation sites excluding steroid dienone is 3. The Labute approximate surface area is 232 Å². The number of hydrogen-bond acceptors (Lipinski definition) is 4. The van der Waals surface area contributed by atoms with E-state index in [1.807, 2.05) is 0 Å². The number of halogens is 7. The summed E-state index contributed by atoms with van der Waals surface area (Å²) in [5.74, 6) is -0.856. The van der Waals surface area contributed by atoms with Gasteiger partial charge in [-0.15, -0.1) is 11.6 Å². The van der Waals surface area contributed by atoms with Crippen molar-refractivity contribution in [3.05, 3.63) is 64.2 Å². The Kier molecular flexibility index (Phi) is 8.23. The third kappa shape index (κ3) is 5.91. The number of hydrogen-bond donors (Lipinski definition) is 1. The summed E-state index contributed by atoms with van der Waals surface area (Å²) in [5, 5.41) is 5.79. The first-order chi connectivity index (χ1) is 16.2. The van der Waals surface area contributed by atoms with Crippen LogP contribution in [0.5, 0.6) is 0 Å². The van der Waals surface area contributed by atoms with Crippen molar-refractivity contribution in [2.75, 3.05) is 13.2 Å². The molecule has 0 bridgehead atoms. The van der Waals surface area contributed by atoms with Gasteiger partial charge in [-0.05, 0) is 31.1 Å². The molecule has 1 fully saturated rings.